The fraction of sp³-hybridized carbons (Fsp3) is 0.440. The molecular formula is C25H27BrClN3O. The number of fused-ring (bicyclic) bond motifs is 1. The van der Waals surface area contributed by atoms with Gasteiger partial charge in [-0.05, 0) is 62.1 Å². The molecular weight excluding hydrogens is 474 g/mol. The second kappa shape index (κ2) is 8.95. The number of amides is 1. The van der Waals surface area contributed by atoms with Crippen molar-refractivity contribution in [2.45, 2.75) is 70.0 Å². The maximum atomic E-state index is 13.6. The van der Waals surface area contributed by atoms with Crippen molar-refractivity contribution in [3.8, 4) is 0 Å². The van der Waals surface area contributed by atoms with Gasteiger partial charge in [-0.3, -0.25) is 4.79 Å². The van der Waals surface area contributed by atoms with E-state index in [4.69, 9.17) is 16.6 Å². The maximum Gasteiger partial charge on any atom is 0.254 e. The first-order chi connectivity index (χ1) is 15.1. The lowest BCUT2D eigenvalue weighted by Crippen LogP contribution is -2.39. The van der Waals surface area contributed by atoms with Gasteiger partial charge in [-0.15, -0.1) is 0 Å². The molecule has 0 unspecified atom stereocenters. The van der Waals surface area contributed by atoms with Crippen LogP contribution in [0.3, 0.4) is 0 Å². The Morgan fingerprint density at radius 1 is 1.06 bits per heavy atom. The van der Waals surface area contributed by atoms with E-state index in [-0.39, 0.29) is 11.9 Å². The molecule has 2 aliphatic rings. The van der Waals surface area contributed by atoms with Crippen LogP contribution in [0.2, 0.25) is 5.02 Å². The van der Waals surface area contributed by atoms with E-state index in [1.807, 2.05) is 42.5 Å². The van der Waals surface area contributed by atoms with Gasteiger partial charge in [0.05, 0.1) is 17.6 Å². The molecule has 2 aliphatic carbocycles. The Bertz CT molecular complexity index is 1100. The van der Waals surface area contributed by atoms with E-state index >= 15 is 0 Å². The molecule has 1 heterocycles. The van der Waals surface area contributed by atoms with E-state index in [0.29, 0.717) is 12.6 Å². The molecule has 4 nitrogen and oxygen atoms in total. The first-order valence-corrected chi connectivity index (χ1v) is 12.5. The molecule has 0 saturated heterocycles. The van der Waals surface area contributed by atoms with E-state index in [0.717, 1.165) is 57.6 Å². The molecule has 0 spiro atoms. The molecule has 6 heteroatoms. The lowest BCUT2D eigenvalue weighted by atomic mass is 10.1. The van der Waals surface area contributed by atoms with Crippen molar-refractivity contribution < 1.29 is 4.79 Å². The zero-order valence-corrected chi connectivity index (χ0v) is 19.9. The van der Waals surface area contributed by atoms with Gasteiger partial charge in [-0.25, -0.2) is 4.98 Å². The highest BCUT2D eigenvalue weighted by Crippen LogP contribution is 2.36. The Morgan fingerprint density at radius 3 is 2.55 bits per heavy atom. The fourth-order valence-corrected chi connectivity index (χ4v) is 5.89. The minimum absolute atomic E-state index is 0.0938. The van der Waals surface area contributed by atoms with E-state index in [1.54, 1.807) is 0 Å². The second-order valence-electron chi connectivity index (χ2n) is 8.85. The summed E-state index contributed by atoms with van der Waals surface area (Å²) in [5.41, 5.74) is 2.79. The average molecular weight is 501 g/mol. The Balaban J connectivity index is 1.56. The number of hydrogen-bond donors (Lipinski definition) is 0. The number of carbonyl (C=O) groups is 1. The van der Waals surface area contributed by atoms with E-state index < -0.39 is 0 Å². The van der Waals surface area contributed by atoms with Crippen LogP contribution in [0.4, 0.5) is 0 Å². The highest BCUT2D eigenvalue weighted by atomic mass is 79.9. The Morgan fingerprint density at radius 2 is 1.81 bits per heavy atom. The van der Waals surface area contributed by atoms with Crippen molar-refractivity contribution in [1.29, 1.82) is 0 Å². The predicted molar refractivity (Wildman–Crippen MR) is 129 cm³/mol. The molecule has 0 N–H and O–H groups in total. The van der Waals surface area contributed by atoms with Crippen LogP contribution in [0.25, 0.3) is 11.0 Å². The topological polar surface area (TPSA) is 38.1 Å². The van der Waals surface area contributed by atoms with Crippen LogP contribution in [0.15, 0.2) is 46.9 Å². The van der Waals surface area contributed by atoms with Crippen molar-refractivity contribution in [1.82, 2.24) is 14.5 Å². The Labute approximate surface area is 196 Å². The standard InChI is InChI=1S/C25H27BrClN3O/c26-18-7-5-6-17(14-18)25(31)29(20-8-1-2-9-20)16-24-28-22-13-12-19(27)15-23(22)30(24)21-10-3-4-11-21/h5-7,12-15,20-21H,1-4,8-11,16H2. The van der Waals surface area contributed by atoms with Crippen LogP contribution in [0, 0.1) is 0 Å². The van der Waals surface area contributed by atoms with Crippen LogP contribution < -0.4 is 0 Å². The lowest BCUT2D eigenvalue weighted by Gasteiger charge is -2.30. The summed E-state index contributed by atoms with van der Waals surface area (Å²) in [4.78, 5) is 20.7. The molecule has 2 aromatic carbocycles. The van der Waals surface area contributed by atoms with E-state index in [9.17, 15) is 4.79 Å². The van der Waals surface area contributed by atoms with Crippen LogP contribution in [-0.4, -0.2) is 26.4 Å². The van der Waals surface area contributed by atoms with Crippen molar-refractivity contribution in [3.63, 3.8) is 0 Å². The molecule has 1 aromatic heterocycles. The average Bonchev–Trinajstić information content (AvgIpc) is 3.51. The summed E-state index contributed by atoms with van der Waals surface area (Å²) in [6.45, 7) is 0.540. The molecule has 3 aromatic rings. The monoisotopic (exact) mass is 499 g/mol. The first-order valence-electron chi connectivity index (χ1n) is 11.3. The number of imidazole rings is 1. The van der Waals surface area contributed by atoms with Crippen LogP contribution >= 0.6 is 27.5 Å². The second-order valence-corrected chi connectivity index (χ2v) is 10.2. The zero-order valence-electron chi connectivity index (χ0n) is 17.6. The number of hydrogen-bond acceptors (Lipinski definition) is 2. The minimum Gasteiger partial charge on any atom is -0.328 e. The number of halogens is 2. The van der Waals surface area contributed by atoms with Gasteiger partial charge in [-0.1, -0.05) is 59.3 Å². The third kappa shape index (κ3) is 4.27. The zero-order chi connectivity index (χ0) is 21.4. The SMILES string of the molecule is O=C(c1cccc(Br)c1)N(Cc1nc2ccc(Cl)cc2n1C1CCCC1)C1CCCC1. The van der Waals surface area contributed by atoms with Crippen LogP contribution in [-0.2, 0) is 6.54 Å². The van der Waals surface area contributed by atoms with Gasteiger partial charge in [0, 0.05) is 27.1 Å². The summed E-state index contributed by atoms with van der Waals surface area (Å²) < 4.78 is 3.31. The molecule has 162 valence electrons. The first kappa shape index (κ1) is 21.0. The van der Waals surface area contributed by atoms with Crippen molar-refractivity contribution >= 4 is 44.5 Å². The Hall–Kier alpha value is -1.85. The summed E-state index contributed by atoms with van der Waals surface area (Å²) in [5, 5.41) is 0.732. The largest absolute Gasteiger partial charge is 0.328 e. The van der Waals surface area contributed by atoms with Crippen molar-refractivity contribution in [3.05, 3.63) is 63.3 Å². The van der Waals surface area contributed by atoms with Crippen molar-refractivity contribution in [2.75, 3.05) is 0 Å². The van der Waals surface area contributed by atoms with Crippen LogP contribution in [0.1, 0.15) is 73.6 Å². The quantitative estimate of drug-likeness (QED) is 0.373. The molecule has 1 amide bonds. The van der Waals surface area contributed by atoms with Gasteiger partial charge in [-0.2, -0.15) is 0 Å². The summed E-state index contributed by atoms with van der Waals surface area (Å²) in [5.74, 6) is 1.08. The van der Waals surface area contributed by atoms with Gasteiger partial charge in [0.1, 0.15) is 5.82 Å². The molecule has 0 bridgehead atoms. The predicted octanol–water partition coefficient (Wildman–Crippen LogP) is 7.15. The molecule has 2 saturated carbocycles. The smallest absolute Gasteiger partial charge is 0.254 e. The molecule has 31 heavy (non-hydrogen) atoms. The third-order valence-corrected chi connectivity index (χ3v) is 7.55. The van der Waals surface area contributed by atoms with E-state index in [1.165, 1.54) is 25.7 Å². The number of carbonyl (C=O) groups excluding carboxylic acids is 1. The van der Waals surface area contributed by atoms with Gasteiger partial charge in [0.15, 0.2) is 0 Å². The number of nitrogens with zero attached hydrogens (tertiary/aromatic N) is 3. The molecule has 2 fully saturated rings. The van der Waals surface area contributed by atoms with Gasteiger partial charge >= 0.3 is 0 Å². The minimum atomic E-state index is 0.0938. The molecule has 5 rings (SSSR count). The third-order valence-electron chi connectivity index (χ3n) is 6.82. The number of aromatic nitrogens is 2. The normalized spacial score (nSPS) is 17.6. The summed E-state index contributed by atoms with van der Waals surface area (Å²) in [6, 6.07) is 14.4. The molecule has 0 aliphatic heterocycles. The number of benzene rings is 2. The highest BCUT2D eigenvalue weighted by molar-refractivity contribution is 9.10. The maximum absolute atomic E-state index is 13.6. The fourth-order valence-electron chi connectivity index (χ4n) is 5.32. The van der Waals surface area contributed by atoms with E-state index in [2.05, 4.69) is 25.4 Å². The Kier molecular flexibility index (Phi) is 6.07. The van der Waals surface area contributed by atoms with Crippen molar-refractivity contribution in [2.24, 2.45) is 0 Å². The van der Waals surface area contributed by atoms with Crippen LogP contribution in [0.5, 0.6) is 0 Å². The summed E-state index contributed by atoms with van der Waals surface area (Å²) in [7, 11) is 0. The number of rotatable bonds is 5. The molecule has 0 atom stereocenters. The summed E-state index contributed by atoms with van der Waals surface area (Å²) >= 11 is 9.87. The highest BCUT2D eigenvalue weighted by Gasteiger charge is 2.31. The summed E-state index contributed by atoms with van der Waals surface area (Å²) in [6.07, 6.45) is 9.30. The molecule has 0 radical (unpaired) electrons. The van der Waals surface area contributed by atoms with Gasteiger partial charge in [0.2, 0.25) is 0 Å². The van der Waals surface area contributed by atoms with Gasteiger partial charge in [0.25, 0.3) is 5.91 Å². The van der Waals surface area contributed by atoms with Gasteiger partial charge < -0.3 is 9.47 Å². The lowest BCUT2D eigenvalue weighted by molar-refractivity contribution is 0.0655.